The Balaban J connectivity index is 0.00000300. The molecule has 4 heteroatoms. The zero-order valence-electron chi connectivity index (χ0n) is 17.7. The van der Waals surface area contributed by atoms with Crippen LogP contribution in [-0.2, 0) is 4.43 Å². The van der Waals surface area contributed by atoms with Gasteiger partial charge in [-0.05, 0) is 69.0 Å². The summed E-state index contributed by atoms with van der Waals surface area (Å²) in [5.74, 6) is 1.05. The van der Waals surface area contributed by atoms with Crippen molar-refractivity contribution in [1.29, 1.82) is 0 Å². The van der Waals surface area contributed by atoms with Crippen molar-refractivity contribution in [3.05, 3.63) is 103 Å². The van der Waals surface area contributed by atoms with Crippen molar-refractivity contribution < 1.29 is 16.8 Å². The molecule has 0 heterocycles. The first-order valence-electron chi connectivity index (χ1n) is 9.82. The first kappa shape index (κ1) is 23.4. The summed E-state index contributed by atoms with van der Waals surface area (Å²) in [6.45, 7) is 8.81. The molecule has 3 aromatic carbocycles. The topological polar surface area (TPSA) is 9.23 Å². The fraction of sp³-hybridized carbons (Fsp3) is 0.200. The molecule has 0 saturated heterocycles. The van der Waals surface area contributed by atoms with Gasteiger partial charge in [0.15, 0.2) is 0 Å². The van der Waals surface area contributed by atoms with Gasteiger partial charge in [-0.25, -0.2) is 0 Å². The summed E-state index contributed by atoms with van der Waals surface area (Å²) in [4.78, 5) is 0. The van der Waals surface area contributed by atoms with Gasteiger partial charge in [-0.15, -0.1) is 0 Å². The standard InChI is InChI=1S/C25H30OPSi.ClH/c1-22(26-28(2,3)4)20-21-27(23-14-8-5-9-15-23,24-16-10-6-11-17-24)25-18-12-7-13-19-25;/h5-20H,21H2,1-4H3;1H/q+1;/p-1/b22-20-;. The fourth-order valence-corrected chi connectivity index (χ4v) is 8.75. The maximum absolute atomic E-state index is 6.26. The van der Waals surface area contributed by atoms with E-state index in [2.05, 4.69) is 124 Å². The Hall–Kier alpha value is -1.86. The van der Waals surface area contributed by atoms with Crippen LogP contribution < -0.4 is 28.3 Å². The van der Waals surface area contributed by atoms with E-state index in [1.807, 2.05) is 0 Å². The molecule has 3 rings (SSSR count). The Morgan fingerprint density at radius 2 is 1.07 bits per heavy atom. The summed E-state index contributed by atoms with van der Waals surface area (Å²) in [6, 6.07) is 33.0. The second kappa shape index (κ2) is 10.3. The molecule has 152 valence electrons. The SMILES string of the molecule is C/C(=C/C[P+](c1ccccc1)(c1ccccc1)c1ccccc1)O[Si](C)(C)C.[Cl-]. The summed E-state index contributed by atoms with van der Waals surface area (Å²) in [7, 11) is -3.42. The van der Waals surface area contributed by atoms with E-state index < -0.39 is 15.6 Å². The summed E-state index contributed by atoms with van der Waals surface area (Å²) in [5, 5.41) is 4.22. The third-order valence-electron chi connectivity index (χ3n) is 4.71. The molecule has 0 N–H and O–H groups in total. The second-order valence-electron chi connectivity index (χ2n) is 8.03. The van der Waals surface area contributed by atoms with Crippen LogP contribution in [0.1, 0.15) is 6.92 Å². The minimum Gasteiger partial charge on any atom is -1.00 e. The van der Waals surface area contributed by atoms with Crippen LogP contribution in [0.5, 0.6) is 0 Å². The third-order valence-corrected chi connectivity index (χ3v) is 9.91. The fourth-order valence-electron chi connectivity index (χ4n) is 3.60. The molecule has 0 amide bonds. The molecule has 0 spiro atoms. The zero-order chi connectivity index (χ0) is 20.0. The highest BCUT2D eigenvalue weighted by Gasteiger charge is 2.44. The van der Waals surface area contributed by atoms with E-state index in [0.29, 0.717) is 0 Å². The van der Waals surface area contributed by atoms with Crippen LogP contribution in [0.3, 0.4) is 0 Å². The highest BCUT2D eigenvalue weighted by Crippen LogP contribution is 2.55. The van der Waals surface area contributed by atoms with Crippen molar-refractivity contribution in [3.63, 3.8) is 0 Å². The van der Waals surface area contributed by atoms with Gasteiger partial charge in [0.05, 0.1) is 11.9 Å². The molecule has 1 nitrogen and oxygen atoms in total. The smallest absolute Gasteiger partial charge is 0.241 e. The molecular formula is C25H30ClOPSi. The minimum atomic E-state index is -1.81. The maximum atomic E-state index is 6.26. The van der Waals surface area contributed by atoms with E-state index in [9.17, 15) is 0 Å². The molecule has 3 aromatic rings. The van der Waals surface area contributed by atoms with Gasteiger partial charge in [0, 0.05) is 0 Å². The number of hydrogen-bond acceptors (Lipinski definition) is 1. The van der Waals surface area contributed by atoms with Crippen LogP contribution in [0.4, 0.5) is 0 Å². The van der Waals surface area contributed by atoms with Gasteiger partial charge in [0.1, 0.15) is 23.2 Å². The first-order valence-corrected chi connectivity index (χ1v) is 15.2. The lowest BCUT2D eigenvalue weighted by molar-refractivity contribution is -0.00000701. The monoisotopic (exact) mass is 440 g/mol. The highest BCUT2D eigenvalue weighted by atomic mass is 35.5. The van der Waals surface area contributed by atoms with Gasteiger partial charge in [-0.2, -0.15) is 0 Å². The van der Waals surface area contributed by atoms with Gasteiger partial charge in [-0.1, -0.05) is 54.6 Å². The second-order valence-corrected chi connectivity index (χ2v) is 16.0. The van der Waals surface area contributed by atoms with Crippen molar-refractivity contribution >= 4 is 31.5 Å². The summed E-state index contributed by atoms with van der Waals surface area (Å²) in [6.07, 6.45) is 3.28. The highest BCUT2D eigenvalue weighted by molar-refractivity contribution is 7.95. The Labute approximate surface area is 183 Å². The molecule has 0 atom stereocenters. The number of allylic oxidation sites excluding steroid dienone is 2. The lowest BCUT2D eigenvalue weighted by Crippen LogP contribution is -3.00. The Kier molecular flexibility index (Phi) is 8.28. The molecule has 0 radical (unpaired) electrons. The predicted octanol–water partition coefficient (Wildman–Crippen LogP) is 2.74. The van der Waals surface area contributed by atoms with Gasteiger partial charge < -0.3 is 16.8 Å². The Morgan fingerprint density at radius 1 is 0.724 bits per heavy atom. The Morgan fingerprint density at radius 3 is 1.38 bits per heavy atom. The van der Waals surface area contributed by atoms with Crippen LogP contribution in [0, 0.1) is 0 Å². The van der Waals surface area contributed by atoms with E-state index in [0.717, 1.165) is 11.9 Å². The van der Waals surface area contributed by atoms with Gasteiger partial charge in [0.25, 0.3) is 0 Å². The van der Waals surface area contributed by atoms with Crippen LogP contribution in [0.2, 0.25) is 19.6 Å². The zero-order valence-corrected chi connectivity index (χ0v) is 20.3. The number of rotatable bonds is 7. The number of hydrogen-bond donors (Lipinski definition) is 0. The normalized spacial score (nSPS) is 12.2. The summed E-state index contributed by atoms with van der Waals surface area (Å²) in [5.41, 5.74) is 0. The van der Waals surface area contributed by atoms with Gasteiger partial charge in [0.2, 0.25) is 8.32 Å². The van der Waals surface area contributed by atoms with E-state index in [1.54, 1.807) is 0 Å². The van der Waals surface area contributed by atoms with Crippen LogP contribution in [0.15, 0.2) is 103 Å². The summed E-state index contributed by atoms with van der Waals surface area (Å²) >= 11 is 0. The minimum absolute atomic E-state index is 0. The van der Waals surface area contributed by atoms with E-state index >= 15 is 0 Å². The van der Waals surface area contributed by atoms with E-state index in [1.165, 1.54) is 15.9 Å². The van der Waals surface area contributed by atoms with Crippen molar-refractivity contribution in [3.8, 4) is 0 Å². The van der Waals surface area contributed by atoms with Gasteiger partial charge in [-0.3, -0.25) is 0 Å². The molecule has 0 saturated carbocycles. The lowest BCUT2D eigenvalue weighted by Gasteiger charge is -2.27. The van der Waals surface area contributed by atoms with Crippen LogP contribution in [-0.4, -0.2) is 14.5 Å². The average Bonchev–Trinajstić information content (AvgIpc) is 2.70. The van der Waals surface area contributed by atoms with Crippen molar-refractivity contribution in [2.75, 3.05) is 6.16 Å². The molecule has 0 unspecified atom stereocenters. The number of halogens is 1. The number of benzene rings is 3. The quantitative estimate of drug-likeness (QED) is 0.312. The van der Waals surface area contributed by atoms with Crippen LogP contribution in [0.25, 0.3) is 0 Å². The molecular weight excluding hydrogens is 411 g/mol. The van der Waals surface area contributed by atoms with E-state index in [4.69, 9.17) is 4.43 Å². The lowest BCUT2D eigenvalue weighted by atomic mass is 10.4. The summed E-state index contributed by atoms with van der Waals surface area (Å²) < 4.78 is 6.26. The van der Waals surface area contributed by atoms with Crippen molar-refractivity contribution in [2.45, 2.75) is 26.6 Å². The van der Waals surface area contributed by atoms with Crippen molar-refractivity contribution in [1.82, 2.24) is 0 Å². The molecule has 0 fully saturated rings. The van der Waals surface area contributed by atoms with E-state index in [-0.39, 0.29) is 12.4 Å². The third kappa shape index (κ3) is 5.82. The molecule has 0 aromatic heterocycles. The van der Waals surface area contributed by atoms with Crippen LogP contribution >= 0.6 is 7.26 Å². The molecule has 0 aliphatic heterocycles. The van der Waals surface area contributed by atoms with Crippen molar-refractivity contribution in [2.24, 2.45) is 0 Å². The molecule has 0 aliphatic carbocycles. The molecule has 29 heavy (non-hydrogen) atoms. The Bertz CT molecular complexity index is 809. The molecule has 0 bridgehead atoms. The maximum Gasteiger partial charge on any atom is 0.241 e. The van der Waals surface area contributed by atoms with Gasteiger partial charge >= 0.3 is 0 Å². The predicted molar refractivity (Wildman–Crippen MR) is 128 cm³/mol. The largest absolute Gasteiger partial charge is 1.00 e. The average molecular weight is 441 g/mol. The molecule has 0 aliphatic rings. The first-order chi connectivity index (χ1) is 13.4.